The maximum absolute atomic E-state index is 17.6. The van der Waals surface area contributed by atoms with E-state index >= 15 is 4.39 Å². The Balaban J connectivity index is 1.44. The highest BCUT2D eigenvalue weighted by molar-refractivity contribution is 7.90. The number of carbonyl (C=O) groups excluding carboxylic acids is 1. The average molecular weight is 629 g/mol. The Bertz CT molecular complexity index is 2130. The second kappa shape index (κ2) is 11.7. The van der Waals surface area contributed by atoms with Crippen molar-refractivity contribution in [2.45, 2.75) is 42.2 Å². The van der Waals surface area contributed by atoms with Gasteiger partial charge in [0.1, 0.15) is 0 Å². The summed E-state index contributed by atoms with van der Waals surface area (Å²) in [6, 6.07) is 41.8. The lowest BCUT2D eigenvalue weighted by Gasteiger charge is -2.26. The van der Waals surface area contributed by atoms with Crippen LogP contribution in [0.2, 0.25) is 0 Å². The average Bonchev–Trinajstić information content (AvgIpc) is 3.63. The largest absolute Gasteiger partial charge is 0.323 e. The Labute approximate surface area is 268 Å². The van der Waals surface area contributed by atoms with E-state index in [0.29, 0.717) is 28.9 Å². The maximum Gasteiger partial charge on any atom is 0.268 e. The van der Waals surface area contributed by atoms with E-state index in [1.807, 2.05) is 91.9 Å². The van der Waals surface area contributed by atoms with E-state index in [9.17, 15) is 13.2 Å². The van der Waals surface area contributed by atoms with Gasteiger partial charge >= 0.3 is 0 Å². The molecular formula is C39H33FN2O3S. The van der Waals surface area contributed by atoms with Crippen LogP contribution in [0.15, 0.2) is 144 Å². The lowest BCUT2D eigenvalue weighted by Crippen LogP contribution is -2.41. The molecule has 0 aliphatic heterocycles. The molecule has 0 spiro atoms. The summed E-state index contributed by atoms with van der Waals surface area (Å²) in [6.07, 6.45) is 0.213. The van der Waals surface area contributed by atoms with Crippen molar-refractivity contribution in [2.75, 3.05) is 5.32 Å². The van der Waals surface area contributed by atoms with E-state index in [-0.39, 0.29) is 11.3 Å². The second-order valence-corrected chi connectivity index (χ2v) is 13.8. The zero-order valence-corrected chi connectivity index (χ0v) is 26.1. The third kappa shape index (κ3) is 5.11. The standard InChI is InChI=1S/C39H33FN2O3S/c1-27-21-23-32(24-22-27)46(44,45)42-35-20-12-11-19-33(35)36(37(42)29-15-7-3-8-16-29)30-25-34(28-13-5-2-6-14-28)39(40,26-30)38(43)41-31-17-9-4-10-18-31/h2-24,30,34H,25-26H2,1H3,(H,41,43)/t30-,34+,39-/m1/s1. The van der Waals surface area contributed by atoms with Gasteiger partial charge in [0, 0.05) is 17.0 Å². The fraction of sp³-hybridized carbons (Fsp3) is 0.154. The van der Waals surface area contributed by atoms with Crippen LogP contribution in [-0.4, -0.2) is 24.0 Å². The number of para-hydroxylation sites is 2. The molecule has 46 heavy (non-hydrogen) atoms. The first-order valence-electron chi connectivity index (χ1n) is 15.4. The van der Waals surface area contributed by atoms with Crippen LogP contribution in [0, 0.1) is 6.92 Å². The smallest absolute Gasteiger partial charge is 0.268 e. The number of rotatable bonds is 7. The number of aromatic nitrogens is 1. The second-order valence-electron chi connectivity index (χ2n) is 12.0. The lowest BCUT2D eigenvalue weighted by atomic mass is 9.85. The number of fused-ring (bicyclic) bond motifs is 1. The number of anilines is 1. The quantitative estimate of drug-likeness (QED) is 0.192. The van der Waals surface area contributed by atoms with Gasteiger partial charge in [0.15, 0.2) is 5.67 Å². The van der Waals surface area contributed by atoms with Crippen LogP contribution in [0.25, 0.3) is 22.2 Å². The Morgan fingerprint density at radius 1 is 0.783 bits per heavy atom. The molecule has 5 nitrogen and oxygen atoms in total. The van der Waals surface area contributed by atoms with Crippen LogP contribution < -0.4 is 5.32 Å². The summed E-state index contributed by atoms with van der Waals surface area (Å²) in [7, 11) is -4.08. The molecule has 7 rings (SSSR count). The van der Waals surface area contributed by atoms with Crippen molar-refractivity contribution in [3.05, 3.63) is 156 Å². The van der Waals surface area contributed by atoms with Crippen LogP contribution in [0.4, 0.5) is 10.1 Å². The molecule has 3 atom stereocenters. The zero-order valence-electron chi connectivity index (χ0n) is 25.3. The highest BCUT2D eigenvalue weighted by atomic mass is 32.2. The maximum atomic E-state index is 17.6. The van der Waals surface area contributed by atoms with Crippen molar-refractivity contribution in [3.63, 3.8) is 0 Å². The SMILES string of the molecule is Cc1ccc(S(=O)(=O)n2c(-c3ccccc3)c([C@@H]3C[C@@H](c4ccccc4)[C@@](F)(C(=O)Nc4ccccc4)C3)c3ccccc32)cc1. The van der Waals surface area contributed by atoms with Gasteiger partial charge in [-0.2, -0.15) is 0 Å². The summed E-state index contributed by atoms with van der Waals surface area (Å²) in [6.45, 7) is 1.91. The van der Waals surface area contributed by atoms with Crippen LogP contribution in [0.1, 0.15) is 41.4 Å². The Hall–Kier alpha value is -5.01. The predicted molar refractivity (Wildman–Crippen MR) is 181 cm³/mol. The number of aryl methyl sites for hydroxylation is 1. The first-order valence-corrected chi connectivity index (χ1v) is 16.8. The summed E-state index contributed by atoms with van der Waals surface area (Å²) in [5.74, 6) is -1.92. The number of benzene rings is 5. The van der Waals surface area contributed by atoms with Gasteiger partial charge in [0.05, 0.1) is 16.1 Å². The molecule has 1 saturated carbocycles. The summed E-state index contributed by atoms with van der Waals surface area (Å²) in [5, 5.41) is 3.54. The molecule has 1 aromatic heterocycles. The molecule has 7 heteroatoms. The molecule has 0 saturated heterocycles. The van der Waals surface area contributed by atoms with Crippen LogP contribution >= 0.6 is 0 Å². The van der Waals surface area contributed by atoms with Gasteiger partial charge in [0.2, 0.25) is 0 Å². The van der Waals surface area contributed by atoms with Gasteiger partial charge < -0.3 is 5.32 Å². The van der Waals surface area contributed by atoms with Gasteiger partial charge in [-0.25, -0.2) is 16.8 Å². The van der Waals surface area contributed by atoms with E-state index in [4.69, 9.17) is 0 Å². The van der Waals surface area contributed by atoms with Gasteiger partial charge in [0.25, 0.3) is 15.9 Å². The van der Waals surface area contributed by atoms with Crippen molar-refractivity contribution in [2.24, 2.45) is 0 Å². The van der Waals surface area contributed by atoms with Crippen LogP contribution in [-0.2, 0) is 14.8 Å². The van der Waals surface area contributed by atoms with E-state index < -0.39 is 33.4 Å². The number of alkyl halides is 1. The number of nitrogens with zero attached hydrogens (tertiary/aromatic N) is 1. The van der Waals surface area contributed by atoms with Crippen LogP contribution in [0.3, 0.4) is 0 Å². The fourth-order valence-electron chi connectivity index (χ4n) is 6.95. The third-order valence-corrected chi connectivity index (χ3v) is 10.8. The van der Waals surface area contributed by atoms with Gasteiger partial charge in [-0.3, -0.25) is 4.79 Å². The monoisotopic (exact) mass is 628 g/mol. The van der Waals surface area contributed by atoms with Gasteiger partial charge in [-0.1, -0.05) is 115 Å². The van der Waals surface area contributed by atoms with E-state index in [0.717, 1.165) is 22.1 Å². The molecule has 6 aromatic rings. The molecule has 1 heterocycles. The minimum Gasteiger partial charge on any atom is -0.323 e. The summed E-state index contributed by atoms with van der Waals surface area (Å²) in [5.41, 5.74) is 2.38. The zero-order chi connectivity index (χ0) is 31.9. The van der Waals surface area contributed by atoms with Gasteiger partial charge in [-0.05, 0) is 72.7 Å². The predicted octanol–water partition coefficient (Wildman–Crippen LogP) is 8.86. The molecule has 5 aromatic carbocycles. The number of nitrogens with one attached hydrogen (secondary N) is 1. The summed E-state index contributed by atoms with van der Waals surface area (Å²) >= 11 is 0. The highest BCUT2D eigenvalue weighted by Gasteiger charge is 2.55. The number of hydrogen-bond acceptors (Lipinski definition) is 3. The van der Waals surface area contributed by atoms with Crippen molar-refractivity contribution in [3.8, 4) is 11.3 Å². The van der Waals surface area contributed by atoms with Gasteiger partial charge in [-0.15, -0.1) is 0 Å². The molecule has 0 unspecified atom stereocenters. The number of hydrogen-bond donors (Lipinski definition) is 1. The first-order chi connectivity index (χ1) is 22.3. The lowest BCUT2D eigenvalue weighted by molar-refractivity contribution is -0.128. The third-order valence-electron chi connectivity index (χ3n) is 9.11. The van der Waals surface area contributed by atoms with E-state index in [1.165, 1.54) is 3.97 Å². The summed E-state index contributed by atoms with van der Waals surface area (Å²) < 4.78 is 48.1. The van der Waals surface area contributed by atoms with Crippen molar-refractivity contribution < 1.29 is 17.6 Å². The molecule has 1 aliphatic carbocycles. The Morgan fingerprint density at radius 3 is 2.04 bits per heavy atom. The number of halogens is 1. The van der Waals surface area contributed by atoms with E-state index in [1.54, 1.807) is 54.6 Å². The minimum atomic E-state index is -4.08. The van der Waals surface area contributed by atoms with Crippen molar-refractivity contribution in [1.29, 1.82) is 0 Å². The number of amides is 1. The molecule has 0 bridgehead atoms. The Kier molecular flexibility index (Phi) is 7.57. The topological polar surface area (TPSA) is 68.2 Å². The molecule has 230 valence electrons. The molecular weight excluding hydrogens is 596 g/mol. The molecule has 0 radical (unpaired) electrons. The summed E-state index contributed by atoms with van der Waals surface area (Å²) in [4.78, 5) is 14.1. The number of carbonyl (C=O) groups is 1. The molecule has 1 aliphatic rings. The van der Waals surface area contributed by atoms with E-state index in [2.05, 4.69) is 5.32 Å². The minimum absolute atomic E-state index is 0.107. The molecule has 1 fully saturated rings. The molecule has 1 N–H and O–H groups in total. The van der Waals surface area contributed by atoms with Crippen LogP contribution in [0.5, 0.6) is 0 Å². The molecule has 1 amide bonds. The van der Waals surface area contributed by atoms with Crippen molar-refractivity contribution in [1.82, 2.24) is 3.97 Å². The normalized spacial score (nSPS) is 19.7. The Morgan fingerprint density at radius 2 is 1.37 bits per heavy atom. The van der Waals surface area contributed by atoms with Crippen molar-refractivity contribution >= 4 is 32.5 Å². The fourth-order valence-corrected chi connectivity index (χ4v) is 8.50. The first kappa shape index (κ1) is 29.7. The highest BCUT2D eigenvalue weighted by Crippen LogP contribution is 2.56.